The highest BCUT2D eigenvalue weighted by Crippen LogP contribution is 2.56. The third-order valence-corrected chi connectivity index (χ3v) is 18.1. The number of fused-ring (bicyclic) bond motifs is 15. The molecule has 0 atom stereocenters. The zero-order valence-electron chi connectivity index (χ0n) is 43.3. The molecule has 0 amide bonds. The number of hydrogen-bond donors (Lipinski definition) is 1. The highest BCUT2D eigenvalue weighted by molar-refractivity contribution is 7.27. The molecule has 0 unspecified atom stereocenters. The van der Waals surface area contributed by atoms with Gasteiger partial charge in [-0.1, -0.05) is 180 Å². The van der Waals surface area contributed by atoms with Crippen molar-refractivity contribution in [3.05, 3.63) is 172 Å². The van der Waals surface area contributed by atoms with Crippen molar-refractivity contribution in [3.63, 3.8) is 0 Å². The van der Waals surface area contributed by atoms with Gasteiger partial charge in [0.15, 0.2) is 7.28 Å². The summed E-state index contributed by atoms with van der Waals surface area (Å²) in [6.45, 7) is 30.7. The zero-order valence-corrected chi connectivity index (χ0v) is 44.1. The van der Waals surface area contributed by atoms with E-state index in [-0.39, 0.29) is 27.1 Å². The predicted octanol–water partition coefficient (Wildman–Crippen LogP) is 16.8. The number of thiophene rings is 1. The van der Waals surface area contributed by atoms with E-state index in [0.717, 1.165) is 18.7 Å². The summed E-state index contributed by atoms with van der Waals surface area (Å²) in [6, 6.07) is 52.5. The van der Waals surface area contributed by atoms with E-state index in [1.54, 1.807) is 0 Å². The Balaban J connectivity index is 1.18. The highest BCUT2D eigenvalue weighted by Gasteiger charge is 2.41. The molecular formula is C66H63BN2S. The van der Waals surface area contributed by atoms with Crippen molar-refractivity contribution in [2.24, 2.45) is 0 Å². The Morgan fingerprint density at radius 2 is 1.10 bits per heavy atom. The first-order valence-electron chi connectivity index (χ1n) is 25.5. The van der Waals surface area contributed by atoms with Gasteiger partial charge in [0.05, 0.1) is 11.0 Å². The van der Waals surface area contributed by atoms with Crippen LogP contribution in [0.15, 0.2) is 133 Å². The SMILES string of the molecule is CC(C)(C)c1ccc(Nc2cc3c(cc2-c2c4c5c(c6cc(C(C)(C)C)ccc6n5-c5cc6c(cc5B4)C(C)(C)c4ccccc4-6)c4sc5ccccc5c24)-c2ccc(C(C)(C)C)cc2C3(C)C)cc1. The van der Waals surface area contributed by atoms with Gasteiger partial charge in [0.2, 0.25) is 0 Å². The molecule has 3 heterocycles. The molecule has 2 nitrogen and oxygen atoms in total. The summed E-state index contributed by atoms with van der Waals surface area (Å²) >= 11 is 1.97. The molecule has 8 aromatic carbocycles. The van der Waals surface area contributed by atoms with Crippen LogP contribution in [0.1, 0.15) is 129 Å². The zero-order chi connectivity index (χ0) is 48.8. The number of benzene rings is 8. The summed E-state index contributed by atoms with van der Waals surface area (Å²) in [5.41, 5.74) is 26.5. The smallest absolute Gasteiger partial charge is 0.198 e. The van der Waals surface area contributed by atoms with Gasteiger partial charge in [-0.2, -0.15) is 0 Å². The van der Waals surface area contributed by atoms with Crippen LogP contribution in [0.4, 0.5) is 11.4 Å². The summed E-state index contributed by atoms with van der Waals surface area (Å²) in [5.74, 6) is 0. The van der Waals surface area contributed by atoms with Crippen molar-refractivity contribution in [2.75, 3.05) is 5.32 Å². The van der Waals surface area contributed by atoms with Crippen molar-refractivity contribution in [1.29, 1.82) is 0 Å². The summed E-state index contributed by atoms with van der Waals surface area (Å²) in [5, 5.41) is 9.57. The molecule has 10 aromatic rings. The monoisotopic (exact) mass is 926 g/mol. The molecule has 0 spiro atoms. The fourth-order valence-electron chi connectivity index (χ4n) is 12.8. The minimum atomic E-state index is -0.194. The molecule has 2 aliphatic carbocycles. The van der Waals surface area contributed by atoms with Crippen molar-refractivity contribution >= 4 is 82.9 Å². The van der Waals surface area contributed by atoms with E-state index >= 15 is 0 Å². The second-order valence-corrected chi connectivity index (χ2v) is 26.2. The fraction of sp³-hybridized carbons (Fsp3) is 0.273. The Morgan fingerprint density at radius 3 is 1.84 bits per heavy atom. The van der Waals surface area contributed by atoms with E-state index < -0.39 is 0 Å². The Morgan fingerprint density at radius 1 is 0.500 bits per heavy atom. The van der Waals surface area contributed by atoms with Crippen LogP contribution in [-0.2, 0) is 27.1 Å². The van der Waals surface area contributed by atoms with Gasteiger partial charge >= 0.3 is 0 Å². The molecular weight excluding hydrogens is 864 g/mol. The van der Waals surface area contributed by atoms with Crippen molar-refractivity contribution in [1.82, 2.24) is 4.57 Å². The number of rotatable bonds is 3. The van der Waals surface area contributed by atoms with Gasteiger partial charge in [0.1, 0.15) is 0 Å². The number of nitrogens with zero attached hydrogens (tertiary/aromatic N) is 1. The summed E-state index contributed by atoms with van der Waals surface area (Å²) in [4.78, 5) is 0. The molecule has 0 bridgehead atoms. The first kappa shape index (κ1) is 43.6. The Hall–Kier alpha value is -6.36. The summed E-state index contributed by atoms with van der Waals surface area (Å²) in [6.07, 6.45) is 0. The molecule has 1 aliphatic heterocycles. The Kier molecular flexibility index (Phi) is 8.83. The van der Waals surface area contributed by atoms with E-state index in [1.165, 1.54) is 131 Å². The minimum absolute atomic E-state index is 0.00729. The van der Waals surface area contributed by atoms with Crippen LogP contribution in [0.2, 0.25) is 0 Å². The lowest BCUT2D eigenvalue weighted by Crippen LogP contribution is -2.38. The molecule has 13 rings (SSSR count). The third kappa shape index (κ3) is 6.05. The lowest BCUT2D eigenvalue weighted by Gasteiger charge is -2.28. The van der Waals surface area contributed by atoms with Gasteiger partial charge in [-0.15, -0.1) is 11.3 Å². The lowest BCUT2D eigenvalue weighted by molar-refractivity contribution is 0.584. The maximum absolute atomic E-state index is 4.14. The largest absolute Gasteiger partial charge is 0.355 e. The first-order chi connectivity index (χ1) is 33.1. The van der Waals surface area contributed by atoms with Crippen molar-refractivity contribution in [2.45, 2.75) is 117 Å². The number of hydrogen-bond acceptors (Lipinski definition) is 2. The molecule has 2 aromatic heterocycles. The molecule has 346 valence electrons. The first-order valence-corrected chi connectivity index (χ1v) is 26.4. The van der Waals surface area contributed by atoms with Gasteiger partial charge in [-0.3, -0.25) is 0 Å². The van der Waals surface area contributed by atoms with Crippen LogP contribution in [0.5, 0.6) is 0 Å². The standard InChI is InChI=1S/C66H63BN2S/c1-62(2,3)36-22-26-39(27-23-36)68-52-35-50-43(41-28-24-38(64(7,8)9)31-48(41)66(50,12)13)32-45(52)56-57-42-19-15-17-21-55(42)70-61(57)58-46-30-37(63(4,5)6)25-29-53(46)69-54-33-44-40-18-14-16-20-47(40)65(10,11)49(44)34-51(54)67-59(56)60(58)69/h14-35,67-68H,1-13H3. The van der Waals surface area contributed by atoms with Crippen LogP contribution in [-0.4, -0.2) is 11.8 Å². The van der Waals surface area contributed by atoms with E-state index in [4.69, 9.17) is 0 Å². The maximum atomic E-state index is 4.14. The molecule has 3 aliphatic rings. The fourth-order valence-corrected chi connectivity index (χ4v) is 14.1. The molecule has 70 heavy (non-hydrogen) atoms. The second-order valence-electron chi connectivity index (χ2n) is 25.1. The Labute approximate surface area is 419 Å². The van der Waals surface area contributed by atoms with Gasteiger partial charge in [-0.05, 0) is 137 Å². The minimum Gasteiger partial charge on any atom is -0.355 e. The molecule has 0 radical (unpaired) electrons. The maximum Gasteiger partial charge on any atom is 0.198 e. The molecule has 0 saturated heterocycles. The third-order valence-electron chi connectivity index (χ3n) is 16.9. The average Bonchev–Trinajstić information content (AvgIpc) is 3.99. The number of anilines is 2. The topological polar surface area (TPSA) is 17.0 Å². The van der Waals surface area contributed by atoms with E-state index in [0.29, 0.717) is 0 Å². The van der Waals surface area contributed by atoms with Crippen molar-refractivity contribution in [3.8, 4) is 39.1 Å². The van der Waals surface area contributed by atoms with Crippen LogP contribution in [0, 0.1) is 0 Å². The van der Waals surface area contributed by atoms with Gasteiger partial charge in [-0.25, -0.2) is 0 Å². The van der Waals surface area contributed by atoms with Crippen LogP contribution in [0.3, 0.4) is 0 Å². The summed E-state index contributed by atoms with van der Waals surface area (Å²) < 4.78 is 5.39. The predicted molar refractivity (Wildman–Crippen MR) is 306 cm³/mol. The van der Waals surface area contributed by atoms with E-state index in [1.807, 2.05) is 11.3 Å². The molecule has 4 heteroatoms. The average molecular weight is 927 g/mol. The van der Waals surface area contributed by atoms with Crippen LogP contribution in [0.25, 0.3) is 81.0 Å². The molecule has 0 fully saturated rings. The van der Waals surface area contributed by atoms with E-state index in [9.17, 15) is 0 Å². The van der Waals surface area contributed by atoms with Gasteiger partial charge in [0.25, 0.3) is 0 Å². The Bertz CT molecular complexity index is 3920. The highest BCUT2D eigenvalue weighted by atomic mass is 32.1. The molecule has 1 N–H and O–H groups in total. The second kappa shape index (κ2) is 14.2. The van der Waals surface area contributed by atoms with Crippen LogP contribution < -0.4 is 16.2 Å². The van der Waals surface area contributed by atoms with Gasteiger partial charge in [0, 0.05) is 64.4 Å². The molecule has 0 saturated carbocycles. The van der Waals surface area contributed by atoms with E-state index in [2.05, 4.69) is 233 Å². The number of nitrogens with one attached hydrogen (secondary N) is 1. The lowest BCUT2D eigenvalue weighted by atomic mass is 9.57. The van der Waals surface area contributed by atoms with Crippen molar-refractivity contribution < 1.29 is 0 Å². The van der Waals surface area contributed by atoms with Gasteiger partial charge < -0.3 is 9.88 Å². The number of aromatic nitrogens is 1. The van der Waals surface area contributed by atoms with Crippen LogP contribution >= 0.6 is 11.3 Å². The summed E-state index contributed by atoms with van der Waals surface area (Å²) in [7, 11) is 0.831. The quantitative estimate of drug-likeness (QED) is 0.175. The normalized spacial score (nSPS) is 15.3.